The lowest BCUT2D eigenvalue weighted by molar-refractivity contribution is -0.146. The van der Waals surface area contributed by atoms with Gasteiger partial charge >= 0.3 is 0 Å². The van der Waals surface area contributed by atoms with E-state index in [-0.39, 0.29) is 23.8 Å². The minimum absolute atomic E-state index is 0.00860. The molecule has 2 aliphatic heterocycles. The summed E-state index contributed by atoms with van der Waals surface area (Å²) in [6.45, 7) is 6.91. The van der Waals surface area contributed by atoms with Gasteiger partial charge in [-0.3, -0.25) is 9.59 Å². The third kappa shape index (κ3) is 2.29. The molecule has 5 nitrogen and oxygen atoms in total. The first kappa shape index (κ1) is 12.4. The lowest BCUT2D eigenvalue weighted by Crippen LogP contribution is -2.58. The maximum Gasteiger partial charge on any atom is 0.242 e. The summed E-state index contributed by atoms with van der Waals surface area (Å²) in [6.07, 6.45) is 0.687. The highest BCUT2D eigenvalue weighted by Gasteiger charge is 2.38. The van der Waals surface area contributed by atoms with Crippen LogP contribution in [0.3, 0.4) is 0 Å². The van der Waals surface area contributed by atoms with Gasteiger partial charge in [-0.1, -0.05) is 13.8 Å². The predicted octanol–water partition coefficient (Wildman–Crippen LogP) is -0.421. The standard InChI is InChI=1S/C12H21N3O2/c1-3-10-11(16)14-4-5-15(10)12(17)9-7-13-6-8(9)2/h8-10,13H,3-7H2,1-2H3,(H,14,16)/t8-,9-,10?/m1/s1. The van der Waals surface area contributed by atoms with Gasteiger partial charge in [0, 0.05) is 19.6 Å². The zero-order chi connectivity index (χ0) is 12.4. The normalized spacial score (nSPS) is 33.6. The van der Waals surface area contributed by atoms with Crippen molar-refractivity contribution in [3.63, 3.8) is 0 Å². The molecule has 3 atom stereocenters. The molecule has 1 unspecified atom stereocenters. The fourth-order valence-corrected chi connectivity index (χ4v) is 2.74. The number of nitrogens with zero attached hydrogens (tertiary/aromatic N) is 1. The third-order valence-electron chi connectivity index (χ3n) is 3.84. The first-order valence-corrected chi connectivity index (χ1v) is 6.44. The summed E-state index contributed by atoms with van der Waals surface area (Å²) in [4.78, 5) is 25.9. The highest BCUT2D eigenvalue weighted by atomic mass is 16.2. The molecule has 0 bridgehead atoms. The number of carbonyl (C=O) groups excluding carboxylic acids is 2. The number of carbonyl (C=O) groups is 2. The van der Waals surface area contributed by atoms with Gasteiger partial charge in [0.05, 0.1) is 5.92 Å². The Morgan fingerprint density at radius 3 is 2.82 bits per heavy atom. The Morgan fingerprint density at radius 2 is 2.24 bits per heavy atom. The quantitative estimate of drug-likeness (QED) is 0.688. The second-order valence-electron chi connectivity index (χ2n) is 4.99. The summed E-state index contributed by atoms with van der Waals surface area (Å²) < 4.78 is 0. The molecule has 2 aliphatic rings. The van der Waals surface area contributed by atoms with Crippen LogP contribution < -0.4 is 10.6 Å². The Hall–Kier alpha value is -1.10. The Balaban J connectivity index is 2.09. The minimum atomic E-state index is -0.274. The molecule has 2 heterocycles. The van der Waals surface area contributed by atoms with Gasteiger partial charge in [0.25, 0.3) is 0 Å². The molecule has 0 radical (unpaired) electrons. The number of hydrogen-bond acceptors (Lipinski definition) is 3. The van der Waals surface area contributed by atoms with E-state index >= 15 is 0 Å². The van der Waals surface area contributed by atoms with Crippen LogP contribution in [0, 0.1) is 11.8 Å². The van der Waals surface area contributed by atoms with Crippen LogP contribution in [-0.2, 0) is 9.59 Å². The maximum atomic E-state index is 12.4. The van der Waals surface area contributed by atoms with Gasteiger partial charge in [-0.2, -0.15) is 0 Å². The van der Waals surface area contributed by atoms with Crippen molar-refractivity contribution in [1.29, 1.82) is 0 Å². The van der Waals surface area contributed by atoms with Crippen molar-refractivity contribution in [1.82, 2.24) is 15.5 Å². The zero-order valence-corrected chi connectivity index (χ0v) is 10.5. The molecule has 2 N–H and O–H groups in total. The molecular formula is C12H21N3O2. The lowest BCUT2D eigenvalue weighted by Gasteiger charge is -2.36. The fourth-order valence-electron chi connectivity index (χ4n) is 2.74. The SMILES string of the molecule is CCC1C(=O)NCCN1C(=O)[C@@H]1CNC[C@H]1C. The monoisotopic (exact) mass is 239 g/mol. The van der Waals surface area contributed by atoms with Gasteiger partial charge in [0.1, 0.15) is 6.04 Å². The maximum absolute atomic E-state index is 12.4. The van der Waals surface area contributed by atoms with Crippen LogP contribution in [0.1, 0.15) is 20.3 Å². The van der Waals surface area contributed by atoms with Crippen molar-refractivity contribution in [2.24, 2.45) is 11.8 Å². The third-order valence-corrected chi connectivity index (χ3v) is 3.84. The lowest BCUT2D eigenvalue weighted by atomic mass is 9.95. The minimum Gasteiger partial charge on any atom is -0.353 e. The molecule has 0 saturated carbocycles. The largest absolute Gasteiger partial charge is 0.353 e. The van der Waals surface area contributed by atoms with Crippen LogP contribution in [0.5, 0.6) is 0 Å². The molecule has 2 fully saturated rings. The van der Waals surface area contributed by atoms with E-state index in [1.54, 1.807) is 4.90 Å². The van der Waals surface area contributed by atoms with E-state index < -0.39 is 0 Å². The van der Waals surface area contributed by atoms with Crippen LogP contribution in [0.25, 0.3) is 0 Å². The number of piperazine rings is 1. The van der Waals surface area contributed by atoms with Crippen molar-refractivity contribution in [3.8, 4) is 0 Å². The van der Waals surface area contributed by atoms with Crippen LogP contribution in [0.15, 0.2) is 0 Å². The first-order valence-electron chi connectivity index (χ1n) is 6.44. The average Bonchev–Trinajstić information content (AvgIpc) is 2.74. The molecule has 0 spiro atoms. The number of rotatable bonds is 2. The topological polar surface area (TPSA) is 61.4 Å². The van der Waals surface area contributed by atoms with Gasteiger partial charge in [0.15, 0.2) is 0 Å². The zero-order valence-electron chi connectivity index (χ0n) is 10.5. The number of amides is 2. The first-order chi connectivity index (χ1) is 8.15. The average molecular weight is 239 g/mol. The Kier molecular flexibility index (Phi) is 3.66. The van der Waals surface area contributed by atoms with Crippen LogP contribution in [-0.4, -0.2) is 48.9 Å². The molecule has 2 rings (SSSR count). The molecule has 5 heteroatoms. The van der Waals surface area contributed by atoms with E-state index in [1.807, 2.05) is 6.92 Å². The van der Waals surface area contributed by atoms with Crippen molar-refractivity contribution in [2.45, 2.75) is 26.3 Å². The summed E-state index contributed by atoms with van der Waals surface area (Å²) in [7, 11) is 0. The highest BCUT2D eigenvalue weighted by Crippen LogP contribution is 2.21. The van der Waals surface area contributed by atoms with Gasteiger partial charge < -0.3 is 15.5 Å². The second kappa shape index (κ2) is 5.04. The smallest absolute Gasteiger partial charge is 0.242 e. The molecular weight excluding hydrogens is 218 g/mol. The van der Waals surface area contributed by atoms with E-state index in [4.69, 9.17) is 0 Å². The molecule has 2 amide bonds. The molecule has 96 valence electrons. The van der Waals surface area contributed by atoms with Gasteiger partial charge in [-0.15, -0.1) is 0 Å². The predicted molar refractivity (Wildman–Crippen MR) is 64.3 cm³/mol. The summed E-state index contributed by atoms with van der Waals surface area (Å²) >= 11 is 0. The number of hydrogen-bond donors (Lipinski definition) is 2. The van der Waals surface area contributed by atoms with Crippen LogP contribution in [0.2, 0.25) is 0 Å². The van der Waals surface area contributed by atoms with E-state index in [9.17, 15) is 9.59 Å². The highest BCUT2D eigenvalue weighted by molar-refractivity contribution is 5.89. The van der Waals surface area contributed by atoms with E-state index in [0.29, 0.717) is 25.4 Å². The Labute approximate surface area is 102 Å². The van der Waals surface area contributed by atoms with Crippen molar-refractivity contribution in [3.05, 3.63) is 0 Å². The summed E-state index contributed by atoms with van der Waals surface area (Å²) in [6, 6.07) is -0.274. The van der Waals surface area contributed by atoms with Crippen LogP contribution in [0.4, 0.5) is 0 Å². The van der Waals surface area contributed by atoms with Crippen molar-refractivity contribution < 1.29 is 9.59 Å². The summed E-state index contributed by atoms with van der Waals surface area (Å²) in [5.41, 5.74) is 0. The number of nitrogens with one attached hydrogen (secondary N) is 2. The van der Waals surface area contributed by atoms with E-state index in [1.165, 1.54) is 0 Å². The van der Waals surface area contributed by atoms with E-state index in [2.05, 4.69) is 17.6 Å². The molecule has 2 saturated heterocycles. The van der Waals surface area contributed by atoms with Crippen molar-refractivity contribution >= 4 is 11.8 Å². The molecule has 0 aromatic heterocycles. The second-order valence-corrected chi connectivity index (χ2v) is 4.99. The van der Waals surface area contributed by atoms with E-state index in [0.717, 1.165) is 13.1 Å². The van der Waals surface area contributed by atoms with Crippen molar-refractivity contribution in [2.75, 3.05) is 26.2 Å². The molecule has 0 aromatic rings. The molecule has 17 heavy (non-hydrogen) atoms. The van der Waals surface area contributed by atoms with Crippen LogP contribution >= 0.6 is 0 Å². The van der Waals surface area contributed by atoms with Gasteiger partial charge in [-0.05, 0) is 18.9 Å². The molecule has 0 aliphatic carbocycles. The Morgan fingerprint density at radius 1 is 1.47 bits per heavy atom. The van der Waals surface area contributed by atoms with Gasteiger partial charge in [0.2, 0.25) is 11.8 Å². The summed E-state index contributed by atoms with van der Waals surface area (Å²) in [5.74, 6) is 0.537. The Bertz CT molecular complexity index is 319. The fraction of sp³-hybridized carbons (Fsp3) is 0.833. The van der Waals surface area contributed by atoms with Gasteiger partial charge in [-0.25, -0.2) is 0 Å². The summed E-state index contributed by atoms with van der Waals surface area (Å²) in [5, 5.41) is 6.06. The molecule has 0 aromatic carbocycles.